The maximum Gasteiger partial charge on any atom is 0.144 e. The molecule has 1 aromatic carbocycles. The van der Waals surface area contributed by atoms with Gasteiger partial charge in [0.1, 0.15) is 5.82 Å². The van der Waals surface area contributed by atoms with Crippen LogP contribution in [0.25, 0.3) is 22.4 Å². The van der Waals surface area contributed by atoms with E-state index in [1.54, 1.807) is 11.3 Å². The Morgan fingerprint density at radius 3 is 2.70 bits per heavy atom. The molecule has 0 aliphatic rings. The summed E-state index contributed by atoms with van der Waals surface area (Å²) in [6, 6.07) is 8.59. The van der Waals surface area contributed by atoms with Crippen LogP contribution >= 0.6 is 11.3 Å². The summed E-state index contributed by atoms with van der Waals surface area (Å²) in [6.45, 7) is 7.29. The highest BCUT2D eigenvalue weighted by atomic mass is 32.1. The lowest BCUT2D eigenvalue weighted by Crippen LogP contribution is -1.98. The Morgan fingerprint density at radius 1 is 1.25 bits per heavy atom. The van der Waals surface area contributed by atoms with Gasteiger partial charge in [-0.1, -0.05) is 13.0 Å². The van der Waals surface area contributed by atoms with Crippen molar-refractivity contribution in [3.63, 3.8) is 0 Å². The number of rotatable bonds is 3. The molecule has 2 N–H and O–H groups in total. The molecule has 0 saturated heterocycles. The van der Waals surface area contributed by atoms with Crippen LogP contribution in [0.5, 0.6) is 0 Å². The van der Waals surface area contributed by atoms with Crippen LogP contribution in [0.2, 0.25) is 0 Å². The van der Waals surface area contributed by atoms with Gasteiger partial charge < -0.3 is 10.3 Å². The molecule has 3 nitrogen and oxygen atoms in total. The van der Waals surface area contributed by atoms with Crippen molar-refractivity contribution in [3.8, 4) is 11.4 Å². The molecule has 20 heavy (non-hydrogen) atoms. The van der Waals surface area contributed by atoms with Crippen LogP contribution in [-0.2, 0) is 13.0 Å². The third-order valence-electron chi connectivity index (χ3n) is 3.62. The first-order valence-electron chi connectivity index (χ1n) is 6.99. The SMILES string of the molecule is CCc1cc(-c2nc3cc(C)ccc3n2CC)c(N)s1. The van der Waals surface area contributed by atoms with Gasteiger partial charge in [-0.3, -0.25) is 0 Å². The molecule has 0 bridgehead atoms. The zero-order chi connectivity index (χ0) is 14.3. The Bertz CT molecular complexity index is 767. The van der Waals surface area contributed by atoms with Crippen LogP contribution < -0.4 is 5.73 Å². The first-order valence-corrected chi connectivity index (χ1v) is 7.81. The number of aryl methyl sites for hydroxylation is 3. The minimum absolute atomic E-state index is 0.864. The van der Waals surface area contributed by atoms with E-state index in [-0.39, 0.29) is 0 Å². The van der Waals surface area contributed by atoms with Crippen LogP contribution in [0, 0.1) is 6.92 Å². The summed E-state index contributed by atoms with van der Waals surface area (Å²) in [5.74, 6) is 0.988. The van der Waals surface area contributed by atoms with Crippen LogP contribution in [0.15, 0.2) is 24.3 Å². The summed E-state index contributed by atoms with van der Waals surface area (Å²) < 4.78 is 2.24. The van der Waals surface area contributed by atoms with Crippen LogP contribution in [0.4, 0.5) is 5.00 Å². The van der Waals surface area contributed by atoms with E-state index in [1.165, 1.54) is 16.0 Å². The number of nitrogens with two attached hydrogens (primary N) is 1. The van der Waals surface area contributed by atoms with Crippen molar-refractivity contribution in [3.05, 3.63) is 34.7 Å². The zero-order valence-electron chi connectivity index (χ0n) is 12.1. The van der Waals surface area contributed by atoms with Crippen LogP contribution in [-0.4, -0.2) is 9.55 Å². The summed E-state index contributed by atoms with van der Waals surface area (Å²) in [5, 5.41) is 0.864. The smallest absolute Gasteiger partial charge is 0.144 e. The molecule has 2 aromatic heterocycles. The normalized spacial score (nSPS) is 11.3. The second kappa shape index (κ2) is 4.94. The molecule has 0 fully saturated rings. The number of nitrogens with zero attached hydrogens (tertiary/aromatic N) is 2. The first kappa shape index (κ1) is 13.2. The van der Waals surface area contributed by atoms with E-state index in [1.807, 2.05) is 0 Å². The molecule has 0 unspecified atom stereocenters. The lowest BCUT2D eigenvalue weighted by Gasteiger charge is -2.05. The average molecular weight is 285 g/mol. The molecule has 3 rings (SSSR count). The molecule has 0 spiro atoms. The van der Waals surface area contributed by atoms with E-state index in [4.69, 9.17) is 10.7 Å². The molecule has 3 aromatic rings. The van der Waals surface area contributed by atoms with Crippen molar-refractivity contribution in [2.75, 3.05) is 5.73 Å². The predicted octanol–water partition coefficient (Wildman–Crippen LogP) is 4.24. The topological polar surface area (TPSA) is 43.8 Å². The van der Waals surface area contributed by atoms with E-state index in [9.17, 15) is 0 Å². The largest absolute Gasteiger partial charge is 0.390 e. The van der Waals surface area contributed by atoms with E-state index in [0.29, 0.717) is 0 Å². The van der Waals surface area contributed by atoms with Gasteiger partial charge in [0.15, 0.2) is 0 Å². The molecule has 0 radical (unpaired) electrons. The van der Waals surface area contributed by atoms with Gasteiger partial charge in [-0.15, -0.1) is 11.3 Å². The van der Waals surface area contributed by atoms with Crippen molar-refractivity contribution in [2.24, 2.45) is 0 Å². The Hall–Kier alpha value is -1.81. The number of aromatic nitrogens is 2. The summed E-state index contributed by atoms with van der Waals surface area (Å²) in [5.41, 5.74) is 10.7. The van der Waals surface area contributed by atoms with E-state index in [2.05, 4.69) is 49.6 Å². The molecule has 104 valence electrons. The molecule has 4 heteroatoms. The van der Waals surface area contributed by atoms with Gasteiger partial charge in [0.05, 0.1) is 21.6 Å². The molecular formula is C16H19N3S. The van der Waals surface area contributed by atoms with Crippen molar-refractivity contribution < 1.29 is 0 Å². The van der Waals surface area contributed by atoms with Crippen LogP contribution in [0.1, 0.15) is 24.3 Å². The quantitative estimate of drug-likeness (QED) is 0.782. The Labute approximate surface area is 123 Å². The molecule has 2 heterocycles. The monoisotopic (exact) mass is 285 g/mol. The maximum absolute atomic E-state index is 6.19. The number of nitrogen functional groups attached to an aromatic ring is 1. The van der Waals surface area contributed by atoms with Gasteiger partial charge in [-0.25, -0.2) is 4.98 Å². The van der Waals surface area contributed by atoms with Gasteiger partial charge >= 0.3 is 0 Å². The molecule has 0 aliphatic heterocycles. The summed E-state index contributed by atoms with van der Waals surface area (Å²) in [4.78, 5) is 6.12. The number of hydrogen-bond donors (Lipinski definition) is 1. The highest BCUT2D eigenvalue weighted by Gasteiger charge is 2.16. The molecule has 0 atom stereocenters. The Kier molecular flexibility index (Phi) is 3.26. The van der Waals surface area contributed by atoms with Crippen molar-refractivity contribution >= 4 is 27.4 Å². The fourth-order valence-corrected chi connectivity index (χ4v) is 3.44. The fourth-order valence-electron chi connectivity index (χ4n) is 2.57. The lowest BCUT2D eigenvalue weighted by atomic mass is 10.2. The van der Waals surface area contributed by atoms with Crippen molar-refractivity contribution in [1.82, 2.24) is 9.55 Å². The molecule has 0 amide bonds. The minimum Gasteiger partial charge on any atom is -0.390 e. The number of benzene rings is 1. The molecular weight excluding hydrogens is 266 g/mol. The molecule has 0 saturated carbocycles. The summed E-state index contributed by atoms with van der Waals surface area (Å²) in [6.07, 6.45) is 1.01. The summed E-state index contributed by atoms with van der Waals surface area (Å²) in [7, 11) is 0. The second-order valence-corrected chi connectivity index (χ2v) is 6.18. The van der Waals surface area contributed by atoms with E-state index >= 15 is 0 Å². The van der Waals surface area contributed by atoms with Crippen LogP contribution in [0.3, 0.4) is 0 Å². The highest BCUT2D eigenvalue weighted by molar-refractivity contribution is 7.16. The minimum atomic E-state index is 0.864. The lowest BCUT2D eigenvalue weighted by molar-refractivity contribution is 0.797. The van der Waals surface area contributed by atoms with Gasteiger partial charge in [-0.05, 0) is 44.0 Å². The fraction of sp³-hybridized carbons (Fsp3) is 0.312. The number of anilines is 1. The number of imidazole rings is 1. The van der Waals surface area contributed by atoms with E-state index < -0.39 is 0 Å². The Morgan fingerprint density at radius 2 is 2.05 bits per heavy atom. The number of thiophene rings is 1. The molecule has 0 aliphatic carbocycles. The zero-order valence-corrected chi connectivity index (χ0v) is 12.9. The third-order valence-corrected chi connectivity index (χ3v) is 4.73. The number of hydrogen-bond acceptors (Lipinski definition) is 3. The summed E-state index contributed by atoms with van der Waals surface area (Å²) >= 11 is 1.67. The highest BCUT2D eigenvalue weighted by Crippen LogP contribution is 2.35. The van der Waals surface area contributed by atoms with E-state index in [0.717, 1.165) is 34.9 Å². The van der Waals surface area contributed by atoms with Gasteiger partial charge in [0, 0.05) is 11.4 Å². The first-order chi connectivity index (χ1) is 9.63. The third kappa shape index (κ3) is 2.00. The maximum atomic E-state index is 6.19. The van der Waals surface area contributed by atoms with Gasteiger partial charge in [0.25, 0.3) is 0 Å². The Balaban J connectivity index is 2.26. The van der Waals surface area contributed by atoms with Gasteiger partial charge in [0.2, 0.25) is 0 Å². The standard InChI is InChI=1S/C16H19N3S/c1-4-11-9-12(15(17)20-11)16-18-13-8-10(3)6-7-14(13)19(16)5-2/h6-9H,4-5,17H2,1-3H3. The van der Waals surface area contributed by atoms with Gasteiger partial charge in [-0.2, -0.15) is 0 Å². The predicted molar refractivity (Wildman–Crippen MR) is 87.2 cm³/mol. The van der Waals surface area contributed by atoms with Crippen molar-refractivity contribution in [2.45, 2.75) is 33.7 Å². The van der Waals surface area contributed by atoms with Crippen molar-refractivity contribution in [1.29, 1.82) is 0 Å². The number of fused-ring (bicyclic) bond motifs is 1. The second-order valence-electron chi connectivity index (χ2n) is 5.02. The average Bonchev–Trinajstić information content (AvgIpc) is 2.97.